The van der Waals surface area contributed by atoms with Gasteiger partial charge in [0.2, 0.25) is 0 Å². The highest BCUT2D eigenvalue weighted by Gasteiger charge is 2.18. The van der Waals surface area contributed by atoms with Crippen LogP contribution >= 0.6 is 11.6 Å². The van der Waals surface area contributed by atoms with Crippen LogP contribution in [0.25, 0.3) is 5.65 Å². The van der Waals surface area contributed by atoms with E-state index in [1.165, 1.54) is 20.4 Å². The molecule has 0 saturated heterocycles. The van der Waals surface area contributed by atoms with E-state index in [1.807, 2.05) is 0 Å². The van der Waals surface area contributed by atoms with Gasteiger partial charge in [-0.1, -0.05) is 11.6 Å². The standard InChI is InChI=1S/C12H15ClN4O4/c1-6-9(13)12(19)17-10(16-6)7(4-15-17)11(18)14-5-8(20-2)21-3/h4,8,15H,5H2,1-3H3,(H,14,18). The number of aromatic nitrogens is 3. The molecule has 2 heterocycles. The molecule has 0 spiro atoms. The van der Waals surface area contributed by atoms with E-state index in [4.69, 9.17) is 21.1 Å². The molecule has 0 unspecified atom stereocenters. The zero-order chi connectivity index (χ0) is 15.6. The van der Waals surface area contributed by atoms with Gasteiger partial charge in [-0.15, -0.1) is 0 Å². The van der Waals surface area contributed by atoms with E-state index in [2.05, 4.69) is 15.4 Å². The predicted octanol–water partition coefficient (Wildman–Crippen LogP) is 0.333. The Bertz CT molecular complexity index is 720. The first-order chi connectivity index (χ1) is 9.99. The molecule has 8 nitrogen and oxygen atoms in total. The first-order valence-corrected chi connectivity index (χ1v) is 6.47. The van der Waals surface area contributed by atoms with E-state index < -0.39 is 17.8 Å². The van der Waals surface area contributed by atoms with Crippen molar-refractivity contribution in [3.63, 3.8) is 0 Å². The molecule has 0 aromatic carbocycles. The average molecular weight is 315 g/mol. The fraction of sp³-hybridized carbons (Fsp3) is 0.417. The van der Waals surface area contributed by atoms with E-state index in [1.54, 1.807) is 6.92 Å². The Morgan fingerprint density at radius 3 is 2.81 bits per heavy atom. The van der Waals surface area contributed by atoms with Crippen LogP contribution in [0.15, 0.2) is 11.0 Å². The van der Waals surface area contributed by atoms with Crippen LogP contribution in [-0.4, -0.2) is 47.6 Å². The van der Waals surface area contributed by atoms with Crippen LogP contribution in [0.5, 0.6) is 0 Å². The van der Waals surface area contributed by atoms with Crippen LogP contribution in [0, 0.1) is 6.92 Å². The SMILES string of the molecule is COC(CNC(=O)c1c[nH]n2c(=O)c(Cl)c(C)nc12)OC. The number of hydrogen-bond donors (Lipinski definition) is 2. The Balaban J connectivity index is 2.31. The summed E-state index contributed by atoms with van der Waals surface area (Å²) >= 11 is 5.84. The van der Waals surface area contributed by atoms with Crippen molar-refractivity contribution in [1.82, 2.24) is 19.9 Å². The zero-order valence-electron chi connectivity index (χ0n) is 11.8. The minimum absolute atomic E-state index is 0.0140. The number of carbonyl (C=O) groups excluding carboxylic acids is 1. The van der Waals surface area contributed by atoms with Crippen LogP contribution in [0.2, 0.25) is 5.02 Å². The van der Waals surface area contributed by atoms with Crippen LogP contribution in [-0.2, 0) is 9.47 Å². The summed E-state index contributed by atoms with van der Waals surface area (Å²) < 4.78 is 11.1. The van der Waals surface area contributed by atoms with Crippen molar-refractivity contribution < 1.29 is 14.3 Å². The van der Waals surface area contributed by atoms with Crippen LogP contribution in [0.4, 0.5) is 0 Å². The van der Waals surface area contributed by atoms with Gasteiger partial charge in [0, 0.05) is 20.4 Å². The van der Waals surface area contributed by atoms with Crippen molar-refractivity contribution in [2.24, 2.45) is 0 Å². The van der Waals surface area contributed by atoms with E-state index in [0.717, 1.165) is 4.52 Å². The van der Waals surface area contributed by atoms with Crippen molar-refractivity contribution in [3.05, 3.63) is 32.8 Å². The van der Waals surface area contributed by atoms with Gasteiger partial charge in [0.05, 0.1) is 12.2 Å². The van der Waals surface area contributed by atoms with Crippen molar-refractivity contribution in [2.75, 3.05) is 20.8 Å². The summed E-state index contributed by atoms with van der Waals surface area (Å²) in [5, 5.41) is 5.30. The van der Waals surface area contributed by atoms with Gasteiger partial charge in [-0.25, -0.2) is 4.98 Å². The molecular formula is C12H15ClN4O4. The lowest BCUT2D eigenvalue weighted by Crippen LogP contribution is -2.34. The number of amides is 1. The summed E-state index contributed by atoms with van der Waals surface area (Å²) in [5.74, 6) is -0.401. The Morgan fingerprint density at radius 1 is 1.52 bits per heavy atom. The highest BCUT2D eigenvalue weighted by molar-refractivity contribution is 6.31. The third-order valence-electron chi connectivity index (χ3n) is 2.97. The number of ether oxygens (including phenoxy) is 2. The quantitative estimate of drug-likeness (QED) is 0.775. The molecule has 0 saturated carbocycles. The Hall–Kier alpha value is -1.90. The highest BCUT2D eigenvalue weighted by Crippen LogP contribution is 2.12. The number of rotatable bonds is 5. The van der Waals surface area contributed by atoms with Crippen LogP contribution < -0.4 is 10.9 Å². The number of halogens is 1. The highest BCUT2D eigenvalue weighted by atomic mass is 35.5. The van der Waals surface area contributed by atoms with Crippen LogP contribution in [0.3, 0.4) is 0 Å². The third kappa shape index (κ3) is 2.92. The number of hydrogen-bond acceptors (Lipinski definition) is 5. The molecule has 9 heteroatoms. The summed E-state index contributed by atoms with van der Waals surface area (Å²) in [6, 6.07) is 0. The van der Waals surface area contributed by atoms with Crippen molar-refractivity contribution >= 4 is 23.2 Å². The van der Waals surface area contributed by atoms with Gasteiger partial charge >= 0.3 is 0 Å². The van der Waals surface area contributed by atoms with Crippen LogP contribution in [0.1, 0.15) is 16.1 Å². The lowest BCUT2D eigenvalue weighted by molar-refractivity contribution is -0.0974. The molecule has 1 amide bonds. The number of nitrogens with zero attached hydrogens (tertiary/aromatic N) is 2. The number of aryl methyl sites for hydroxylation is 1. The summed E-state index contributed by atoms with van der Waals surface area (Å²) in [6.07, 6.45) is 0.842. The molecule has 2 N–H and O–H groups in total. The smallest absolute Gasteiger partial charge is 0.291 e. The maximum Gasteiger partial charge on any atom is 0.291 e. The third-order valence-corrected chi connectivity index (χ3v) is 3.41. The summed E-state index contributed by atoms with van der Waals surface area (Å²) in [7, 11) is 2.94. The fourth-order valence-electron chi connectivity index (χ4n) is 1.80. The van der Waals surface area contributed by atoms with Gasteiger partial charge in [0.25, 0.3) is 11.5 Å². The zero-order valence-corrected chi connectivity index (χ0v) is 12.5. The minimum Gasteiger partial charge on any atom is -0.354 e. The molecule has 0 aliphatic rings. The van der Waals surface area contributed by atoms with Crippen molar-refractivity contribution in [2.45, 2.75) is 13.2 Å². The Morgan fingerprint density at radius 2 is 2.19 bits per heavy atom. The summed E-state index contributed by atoms with van der Waals surface area (Å²) in [4.78, 5) is 28.2. The monoisotopic (exact) mass is 314 g/mol. The van der Waals surface area contributed by atoms with E-state index >= 15 is 0 Å². The lowest BCUT2D eigenvalue weighted by atomic mass is 10.3. The molecule has 2 aromatic rings. The molecule has 2 aromatic heterocycles. The first kappa shape index (κ1) is 15.5. The molecule has 0 aliphatic heterocycles. The molecule has 0 aliphatic carbocycles. The molecular weight excluding hydrogens is 300 g/mol. The second kappa shape index (κ2) is 6.25. The molecule has 0 atom stereocenters. The van der Waals surface area contributed by atoms with Gasteiger partial charge in [-0.05, 0) is 6.92 Å². The van der Waals surface area contributed by atoms with E-state index in [-0.39, 0.29) is 22.8 Å². The van der Waals surface area contributed by atoms with Gasteiger partial charge in [-0.3, -0.25) is 14.7 Å². The van der Waals surface area contributed by atoms with E-state index in [9.17, 15) is 9.59 Å². The Labute approximate surface area is 125 Å². The van der Waals surface area contributed by atoms with Crippen molar-refractivity contribution in [1.29, 1.82) is 0 Å². The fourth-order valence-corrected chi connectivity index (χ4v) is 1.93. The molecule has 0 radical (unpaired) electrons. The molecule has 114 valence electrons. The van der Waals surface area contributed by atoms with Gasteiger partial charge < -0.3 is 14.8 Å². The number of fused-ring (bicyclic) bond motifs is 1. The lowest BCUT2D eigenvalue weighted by Gasteiger charge is -2.13. The number of nitrogens with one attached hydrogen (secondary N) is 2. The van der Waals surface area contributed by atoms with E-state index in [0.29, 0.717) is 5.69 Å². The maximum atomic E-state index is 12.1. The normalized spacial score (nSPS) is 11.3. The number of carbonyl (C=O) groups is 1. The number of H-pyrrole nitrogens is 1. The first-order valence-electron chi connectivity index (χ1n) is 6.09. The molecule has 2 rings (SSSR count). The maximum absolute atomic E-state index is 12.1. The van der Waals surface area contributed by atoms with Gasteiger partial charge in [0.1, 0.15) is 10.6 Å². The molecule has 21 heavy (non-hydrogen) atoms. The summed E-state index contributed by atoms with van der Waals surface area (Å²) in [6.45, 7) is 1.77. The largest absolute Gasteiger partial charge is 0.354 e. The molecule has 0 bridgehead atoms. The number of methoxy groups -OCH3 is 2. The second-order valence-corrected chi connectivity index (χ2v) is 4.65. The predicted molar refractivity (Wildman–Crippen MR) is 75.7 cm³/mol. The van der Waals surface area contributed by atoms with Gasteiger partial charge in [0.15, 0.2) is 11.9 Å². The molecule has 0 fully saturated rings. The topological polar surface area (TPSA) is 97.7 Å². The summed E-state index contributed by atoms with van der Waals surface area (Å²) in [5.41, 5.74) is 0.357. The average Bonchev–Trinajstić information content (AvgIpc) is 2.89. The minimum atomic E-state index is -0.550. The van der Waals surface area contributed by atoms with Crippen molar-refractivity contribution in [3.8, 4) is 0 Å². The Kier molecular flexibility index (Phi) is 4.61. The second-order valence-electron chi connectivity index (χ2n) is 4.27. The van der Waals surface area contributed by atoms with Gasteiger partial charge in [-0.2, -0.15) is 4.52 Å². The number of aromatic amines is 1.